The summed E-state index contributed by atoms with van der Waals surface area (Å²) in [5.41, 5.74) is -0.0958. The van der Waals surface area contributed by atoms with E-state index in [0.717, 1.165) is 23.9 Å². The lowest BCUT2D eigenvalue weighted by molar-refractivity contribution is -0.122. The minimum Gasteiger partial charge on any atom is -0.507 e. The van der Waals surface area contributed by atoms with Gasteiger partial charge in [-0.25, -0.2) is 4.79 Å². The molecule has 1 aliphatic heterocycles. The Balaban J connectivity index is 2.00. The average Bonchev–Trinajstić information content (AvgIpc) is 2.67. The van der Waals surface area contributed by atoms with Gasteiger partial charge in [0, 0.05) is 18.2 Å². The lowest BCUT2D eigenvalue weighted by Gasteiger charge is -2.08. The molecule has 1 aromatic carbocycles. The van der Waals surface area contributed by atoms with Crippen LogP contribution < -0.4 is 10.6 Å². The van der Waals surface area contributed by atoms with Crippen molar-refractivity contribution >= 4 is 40.5 Å². The van der Waals surface area contributed by atoms with Crippen LogP contribution >= 0.6 is 11.8 Å². The zero-order valence-electron chi connectivity index (χ0n) is 10.5. The number of carboxylic acids is 1. The summed E-state index contributed by atoms with van der Waals surface area (Å²) in [4.78, 5) is 44.7. The Morgan fingerprint density at radius 2 is 2.05 bits per heavy atom. The molecule has 0 aromatic heterocycles. The normalized spacial score (nSPS) is 17.4. The molecule has 21 heavy (non-hydrogen) atoms. The van der Waals surface area contributed by atoms with Crippen LogP contribution in [0.5, 0.6) is 5.75 Å². The summed E-state index contributed by atoms with van der Waals surface area (Å²) < 4.78 is 0. The molecule has 1 heterocycles. The van der Waals surface area contributed by atoms with E-state index in [0.29, 0.717) is 0 Å². The van der Waals surface area contributed by atoms with Crippen molar-refractivity contribution < 1.29 is 29.4 Å². The van der Waals surface area contributed by atoms with Gasteiger partial charge >= 0.3 is 5.97 Å². The van der Waals surface area contributed by atoms with Gasteiger partial charge < -0.3 is 15.5 Å². The quantitative estimate of drug-likeness (QED) is 0.645. The number of benzene rings is 1. The summed E-state index contributed by atoms with van der Waals surface area (Å²) in [5, 5.41) is 21.4. The van der Waals surface area contributed by atoms with Crippen LogP contribution in [0.3, 0.4) is 0 Å². The minimum atomic E-state index is -1.29. The molecule has 0 saturated carbocycles. The number of anilines is 1. The van der Waals surface area contributed by atoms with E-state index in [1.807, 2.05) is 0 Å². The maximum atomic E-state index is 11.7. The van der Waals surface area contributed by atoms with Gasteiger partial charge in [-0.1, -0.05) is 11.8 Å². The van der Waals surface area contributed by atoms with Crippen LogP contribution in [0.15, 0.2) is 18.2 Å². The van der Waals surface area contributed by atoms with Crippen LogP contribution in [0.4, 0.5) is 10.5 Å². The highest BCUT2D eigenvalue weighted by atomic mass is 32.2. The van der Waals surface area contributed by atoms with Crippen LogP contribution in [0, 0.1) is 0 Å². The van der Waals surface area contributed by atoms with E-state index in [1.165, 1.54) is 6.07 Å². The summed E-state index contributed by atoms with van der Waals surface area (Å²) in [6.45, 7) is 0. The fraction of sp³-hybridized carbons (Fsp3) is 0.167. The first-order valence-corrected chi connectivity index (χ1v) is 6.62. The Labute approximate surface area is 122 Å². The number of carboxylic acid groups (broad SMARTS) is 1. The SMILES string of the molecule is O=C(CC1SC(=O)NC1=O)Nc1ccc(C(=O)O)c(O)c1. The maximum Gasteiger partial charge on any atom is 0.339 e. The largest absolute Gasteiger partial charge is 0.507 e. The Bertz CT molecular complexity index is 645. The second-order valence-electron chi connectivity index (χ2n) is 4.17. The smallest absolute Gasteiger partial charge is 0.339 e. The number of aromatic hydroxyl groups is 1. The third-order valence-electron chi connectivity index (χ3n) is 2.65. The highest BCUT2D eigenvalue weighted by molar-refractivity contribution is 8.15. The number of aromatic carboxylic acids is 1. The number of nitrogens with one attached hydrogen (secondary N) is 2. The van der Waals surface area contributed by atoms with Gasteiger partial charge in [-0.05, 0) is 12.1 Å². The number of amides is 3. The highest BCUT2D eigenvalue weighted by Crippen LogP contribution is 2.24. The molecule has 0 radical (unpaired) electrons. The van der Waals surface area contributed by atoms with Crippen molar-refractivity contribution in [1.82, 2.24) is 5.32 Å². The molecular formula is C12H10N2O6S. The number of imide groups is 1. The predicted molar refractivity (Wildman–Crippen MR) is 73.2 cm³/mol. The molecule has 110 valence electrons. The van der Waals surface area contributed by atoms with Gasteiger partial charge in [-0.15, -0.1) is 0 Å². The molecule has 2 rings (SSSR count). The third-order valence-corrected chi connectivity index (χ3v) is 3.63. The molecule has 3 amide bonds. The van der Waals surface area contributed by atoms with E-state index in [-0.39, 0.29) is 17.7 Å². The maximum absolute atomic E-state index is 11.7. The summed E-state index contributed by atoms with van der Waals surface area (Å²) in [6.07, 6.45) is -0.205. The van der Waals surface area contributed by atoms with Gasteiger partial charge in [0.25, 0.3) is 5.24 Å². The second kappa shape index (κ2) is 5.83. The standard InChI is InChI=1S/C12H10N2O6S/c15-7-3-5(1-2-6(7)11(18)19)13-9(16)4-8-10(17)14-12(20)21-8/h1-3,8,15H,4H2,(H,13,16)(H,18,19)(H,14,17,20). The van der Waals surface area contributed by atoms with Crippen molar-refractivity contribution in [1.29, 1.82) is 0 Å². The molecule has 8 nitrogen and oxygen atoms in total. The van der Waals surface area contributed by atoms with Gasteiger partial charge in [0.1, 0.15) is 16.6 Å². The van der Waals surface area contributed by atoms with Crippen molar-refractivity contribution in [2.45, 2.75) is 11.7 Å². The monoisotopic (exact) mass is 310 g/mol. The summed E-state index contributed by atoms with van der Waals surface area (Å²) in [5.74, 6) is -2.82. The second-order valence-corrected chi connectivity index (χ2v) is 5.35. The minimum absolute atomic E-state index is 0.192. The lowest BCUT2D eigenvalue weighted by atomic mass is 10.1. The van der Waals surface area contributed by atoms with E-state index < -0.39 is 34.0 Å². The number of phenols is 1. The number of carbonyl (C=O) groups is 4. The summed E-state index contributed by atoms with van der Waals surface area (Å²) >= 11 is 0.735. The van der Waals surface area contributed by atoms with Gasteiger partial charge in [0.05, 0.1) is 0 Å². The van der Waals surface area contributed by atoms with E-state index in [4.69, 9.17) is 5.11 Å². The molecule has 1 unspecified atom stereocenters. The van der Waals surface area contributed by atoms with E-state index >= 15 is 0 Å². The Morgan fingerprint density at radius 3 is 2.57 bits per heavy atom. The lowest BCUT2D eigenvalue weighted by Crippen LogP contribution is -2.27. The van der Waals surface area contributed by atoms with Gasteiger partial charge in [-0.3, -0.25) is 19.7 Å². The van der Waals surface area contributed by atoms with Crippen LogP contribution in [0.25, 0.3) is 0 Å². The molecule has 9 heteroatoms. The molecule has 4 N–H and O–H groups in total. The van der Waals surface area contributed by atoms with Crippen LogP contribution in [-0.4, -0.2) is 38.5 Å². The van der Waals surface area contributed by atoms with E-state index in [2.05, 4.69) is 10.6 Å². The molecule has 1 aromatic rings. The fourth-order valence-corrected chi connectivity index (χ4v) is 2.52. The number of carbonyl (C=O) groups excluding carboxylic acids is 3. The van der Waals surface area contributed by atoms with Crippen molar-refractivity contribution in [3.63, 3.8) is 0 Å². The predicted octanol–water partition coefficient (Wildman–Crippen LogP) is 0.771. The topological polar surface area (TPSA) is 133 Å². The van der Waals surface area contributed by atoms with Crippen molar-refractivity contribution in [2.24, 2.45) is 0 Å². The number of thioether (sulfide) groups is 1. The van der Waals surface area contributed by atoms with Crippen molar-refractivity contribution in [2.75, 3.05) is 5.32 Å². The molecule has 1 fully saturated rings. The first-order chi connectivity index (χ1) is 9.86. The molecule has 1 atom stereocenters. The summed E-state index contributed by atoms with van der Waals surface area (Å²) in [7, 11) is 0. The van der Waals surface area contributed by atoms with Crippen LogP contribution in [0.2, 0.25) is 0 Å². The van der Waals surface area contributed by atoms with Crippen LogP contribution in [0.1, 0.15) is 16.8 Å². The Hall–Kier alpha value is -2.55. The van der Waals surface area contributed by atoms with Crippen molar-refractivity contribution in [3.8, 4) is 5.75 Å². The highest BCUT2D eigenvalue weighted by Gasteiger charge is 2.33. The molecule has 1 saturated heterocycles. The zero-order valence-corrected chi connectivity index (χ0v) is 11.3. The average molecular weight is 310 g/mol. The molecule has 0 spiro atoms. The molecule has 0 aliphatic carbocycles. The number of hydrogen-bond acceptors (Lipinski definition) is 6. The van der Waals surface area contributed by atoms with Gasteiger partial charge in [0.15, 0.2) is 0 Å². The Morgan fingerprint density at radius 1 is 1.33 bits per heavy atom. The van der Waals surface area contributed by atoms with Gasteiger partial charge in [-0.2, -0.15) is 0 Å². The summed E-state index contributed by atoms with van der Waals surface area (Å²) in [6, 6.07) is 3.55. The van der Waals surface area contributed by atoms with Gasteiger partial charge in [0.2, 0.25) is 11.8 Å². The molecule has 0 bridgehead atoms. The zero-order chi connectivity index (χ0) is 15.6. The first-order valence-electron chi connectivity index (χ1n) is 5.74. The van der Waals surface area contributed by atoms with Crippen LogP contribution in [-0.2, 0) is 9.59 Å². The van der Waals surface area contributed by atoms with Crippen molar-refractivity contribution in [3.05, 3.63) is 23.8 Å². The third kappa shape index (κ3) is 3.51. The van der Waals surface area contributed by atoms with E-state index in [1.54, 1.807) is 0 Å². The number of rotatable bonds is 4. The molecular weight excluding hydrogens is 300 g/mol. The number of hydrogen-bond donors (Lipinski definition) is 4. The fourth-order valence-electron chi connectivity index (χ4n) is 1.70. The first kappa shape index (κ1) is 14.9. The van der Waals surface area contributed by atoms with E-state index in [9.17, 15) is 24.3 Å². The Kier molecular flexibility index (Phi) is 4.13. The molecule has 1 aliphatic rings.